The van der Waals surface area contributed by atoms with Gasteiger partial charge in [-0.05, 0) is 42.5 Å². The van der Waals surface area contributed by atoms with Crippen molar-refractivity contribution in [2.45, 2.75) is 0 Å². The summed E-state index contributed by atoms with van der Waals surface area (Å²) in [4.78, 5) is 22.0. The van der Waals surface area contributed by atoms with Gasteiger partial charge in [-0.1, -0.05) is 22.9 Å². The number of fused-ring (bicyclic) bond motifs is 1. The van der Waals surface area contributed by atoms with Gasteiger partial charge in [0.25, 0.3) is 5.91 Å². The molecule has 2 heterocycles. The van der Waals surface area contributed by atoms with Gasteiger partial charge in [-0.2, -0.15) is 5.26 Å². The van der Waals surface area contributed by atoms with E-state index < -0.39 is 0 Å². The van der Waals surface area contributed by atoms with Crippen LogP contribution < -0.4 is 4.90 Å². The molecule has 1 aromatic heterocycles. The fraction of sp³-hybridized carbons (Fsp3) is 0.286. The summed E-state index contributed by atoms with van der Waals surface area (Å²) in [6.07, 6.45) is 0. The Morgan fingerprint density at radius 1 is 1.24 bits per heavy atom. The van der Waals surface area contributed by atoms with Crippen molar-refractivity contribution in [2.24, 2.45) is 0 Å². The first-order valence-corrected chi connectivity index (χ1v) is 10.5. The van der Waals surface area contributed by atoms with E-state index in [1.165, 1.54) is 11.3 Å². The van der Waals surface area contributed by atoms with E-state index in [9.17, 15) is 4.79 Å². The quantitative estimate of drug-likeness (QED) is 0.620. The fourth-order valence-electron chi connectivity index (χ4n) is 3.20. The monoisotopic (exact) mass is 426 g/mol. The lowest BCUT2D eigenvalue weighted by molar-refractivity contribution is 0.0391. The molecule has 1 amide bonds. The maximum absolute atomic E-state index is 13.3. The van der Waals surface area contributed by atoms with Crippen molar-refractivity contribution in [3.05, 3.63) is 58.6 Å². The molecule has 6 nitrogen and oxygen atoms in total. The van der Waals surface area contributed by atoms with Crippen LogP contribution in [0.3, 0.4) is 0 Å². The fourth-order valence-corrected chi connectivity index (χ4v) is 4.46. The minimum atomic E-state index is -0.132. The summed E-state index contributed by atoms with van der Waals surface area (Å²) >= 11 is 7.56. The number of halogens is 1. The third-order valence-electron chi connectivity index (χ3n) is 4.82. The highest BCUT2D eigenvalue weighted by Gasteiger charge is 2.23. The van der Waals surface area contributed by atoms with Crippen LogP contribution in [0.2, 0.25) is 5.02 Å². The van der Waals surface area contributed by atoms with Gasteiger partial charge >= 0.3 is 0 Å². The van der Waals surface area contributed by atoms with E-state index in [0.717, 1.165) is 29.9 Å². The molecule has 3 aromatic rings. The molecule has 0 saturated carbocycles. The Morgan fingerprint density at radius 3 is 2.72 bits per heavy atom. The van der Waals surface area contributed by atoms with Crippen LogP contribution in [0.15, 0.2) is 42.5 Å². The van der Waals surface area contributed by atoms with E-state index in [1.807, 2.05) is 12.1 Å². The molecule has 1 saturated heterocycles. The van der Waals surface area contributed by atoms with Crippen molar-refractivity contribution in [1.29, 1.82) is 5.26 Å². The number of nitriles is 1. The predicted octanol–water partition coefficient (Wildman–Crippen LogP) is 3.80. The molecule has 29 heavy (non-hydrogen) atoms. The van der Waals surface area contributed by atoms with Crippen molar-refractivity contribution < 1.29 is 9.53 Å². The van der Waals surface area contributed by atoms with Crippen molar-refractivity contribution in [3.63, 3.8) is 0 Å². The molecule has 0 atom stereocenters. The lowest BCUT2D eigenvalue weighted by Gasteiger charge is -2.29. The largest absolute Gasteiger partial charge is 0.379 e. The zero-order valence-corrected chi connectivity index (χ0v) is 17.2. The number of aromatic nitrogens is 1. The Balaban J connectivity index is 1.63. The summed E-state index contributed by atoms with van der Waals surface area (Å²) in [6, 6.07) is 14.3. The molecule has 8 heteroatoms. The summed E-state index contributed by atoms with van der Waals surface area (Å²) < 4.78 is 6.35. The molecule has 1 aliphatic rings. The number of rotatable bonds is 5. The maximum atomic E-state index is 13.3. The SMILES string of the molecule is N#Cc1ccc(C(=O)N(CCN2CCOCC2)c2nc3ccc(Cl)cc3s2)cc1. The highest BCUT2D eigenvalue weighted by Crippen LogP contribution is 2.31. The summed E-state index contributed by atoms with van der Waals surface area (Å²) in [5, 5.41) is 10.3. The Kier molecular flexibility index (Phi) is 6.07. The lowest BCUT2D eigenvalue weighted by atomic mass is 10.1. The van der Waals surface area contributed by atoms with Crippen molar-refractivity contribution >= 4 is 44.2 Å². The molecule has 148 valence electrons. The van der Waals surface area contributed by atoms with Gasteiger partial charge in [-0.3, -0.25) is 14.6 Å². The number of ether oxygens (including phenoxy) is 1. The van der Waals surface area contributed by atoms with Crippen LogP contribution in [0, 0.1) is 11.3 Å². The first-order valence-electron chi connectivity index (χ1n) is 9.32. The number of thiazole rings is 1. The molecule has 1 fully saturated rings. The third-order valence-corrected chi connectivity index (χ3v) is 6.10. The van der Waals surface area contributed by atoms with Gasteiger partial charge in [0.05, 0.1) is 35.1 Å². The van der Waals surface area contributed by atoms with E-state index in [4.69, 9.17) is 21.6 Å². The molecule has 0 unspecified atom stereocenters. The van der Waals surface area contributed by atoms with Crippen LogP contribution in [0.25, 0.3) is 10.2 Å². The molecular formula is C21H19ClN4O2S. The number of benzene rings is 2. The highest BCUT2D eigenvalue weighted by molar-refractivity contribution is 7.22. The Bertz CT molecular complexity index is 1050. The minimum Gasteiger partial charge on any atom is -0.379 e. The van der Waals surface area contributed by atoms with E-state index in [-0.39, 0.29) is 5.91 Å². The van der Waals surface area contributed by atoms with E-state index in [0.29, 0.717) is 41.0 Å². The zero-order chi connectivity index (χ0) is 20.2. The Labute approximate surface area is 177 Å². The second-order valence-electron chi connectivity index (χ2n) is 6.71. The molecular weight excluding hydrogens is 408 g/mol. The minimum absolute atomic E-state index is 0.132. The smallest absolute Gasteiger partial charge is 0.260 e. The normalized spacial score (nSPS) is 14.6. The van der Waals surface area contributed by atoms with Crippen LogP contribution in [0.1, 0.15) is 15.9 Å². The van der Waals surface area contributed by atoms with Crippen LogP contribution in [0.4, 0.5) is 5.13 Å². The summed E-state index contributed by atoms with van der Waals surface area (Å²) in [6.45, 7) is 4.39. The Morgan fingerprint density at radius 2 is 2.00 bits per heavy atom. The number of morpholine rings is 1. The van der Waals surface area contributed by atoms with Gasteiger partial charge in [-0.25, -0.2) is 4.98 Å². The average molecular weight is 427 g/mol. The molecule has 2 aromatic carbocycles. The van der Waals surface area contributed by atoms with Crippen molar-refractivity contribution in [1.82, 2.24) is 9.88 Å². The molecule has 0 spiro atoms. The number of carbonyl (C=O) groups excluding carboxylic acids is 1. The van der Waals surface area contributed by atoms with Crippen molar-refractivity contribution in [2.75, 3.05) is 44.3 Å². The van der Waals surface area contributed by atoms with Gasteiger partial charge in [0.2, 0.25) is 0 Å². The van der Waals surface area contributed by atoms with Gasteiger partial charge in [0.1, 0.15) is 0 Å². The predicted molar refractivity (Wildman–Crippen MR) is 115 cm³/mol. The number of anilines is 1. The van der Waals surface area contributed by atoms with Crippen LogP contribution in [-0.4, -0.2) is 55.2 Å². The zero-order valence-electron chi connectivity index (χ0n) is 15.7. The number of hydrogen-bond acceptors (Lipinski definition) is 6. The number of carbonyl (C=O) groups is 1. The highest BCUT2D eigenvalue weighted by atomic mass is 35.5. The molecule has 1 aliphatic heterocycles. The van der Waals surface area contributed by atoms with Crippen LogP contribution >= 0.6 is 22.9 Å². The standard InChI is InChI=1S/C21H19ClN4O2S/c22-17-5-6-18-19(13-17)29-21(24-18)26(8-7-25-9-11-28-12-10-25)20(27)16-3-1-15(14-23)2-4-16/h1-6,13H,7-12H2. The molecule has 4 rings (SSSR count). The van der Waals surface area contributed by atoms with E-state index in [1.54, 1.807) is 35.2 Å². The topological polar surface area (TPSA) is 69.5 Å². The summed E-state index contributed by atoms with van der Waals surface area (Å²) in [5.41, 5.74) is 1.87. The Hall–Kier alpha value is -2.50. The molecule has 0 N–H and O–H groups in total. The van der Waals surface area contributed by atoms with Crippen molar-refractivity contribution in [3.8, 4) is 6.07 Å². The third kappa shape index (κ3) is 4.57. The van der Waals surface area contributed by atoms with E-state index in [2.05, 4.69) is 16.0 Å². The van der Waals surface area contributed by atoms with Gasteiger partial charge in [-0.15, -0.1) is 0 Å². The molecule has 0 radical (unpaired) electrons. The maximum Gasteiger partial charge on any atom is 0.260 e. The number of nitrogens with zero attached hydrogens (tertiary/aromatic N) is 4. The summed E-state index contributed by atoms with van der Waals surface area (Å²) in [7, 11) is 0. The van der Waals surface area contributed by atoms with Gasteiger partial charge in [0, 0.05) is 36.8 Å². The van der Waals surface area contributed by atoms with Crippen LogP contribution in [-0.2, 0) is 4.74 Å². The average Bonchev–Trinajstić information content (AvgIpc) is 3.17. The summed E-state index contributed by atoms with van der Waals surface area (Å²) in [5.74, 6) is -0.132. The number of hydrogen-bond donors (Lipinski definition) is 0. The first-order chi connectivity index (χ1) is 14.1. The van der Waals surface area contributed by atoms with Gasteiger partial charge < -0.3 is 4.74 Å². The van der Waals surface area contributed by atoms with Gasteiger partial charge in [0.15, 0.2) is 5.13 Å². The molecule has 0 aliphatic carbocycles. The molecule has 0 bridgehead atoms. The second kappa shape index (κ2) is 8.89. The lowest BCUT2D eigenvalue weighted by Crippen LogP contribution is -2.43. The number of amides is 1. The van der Waals surface area contributed by atoms with E-state index >= 15 is 0 Å². The van der Waals surface area contributed by atoms with Crippen LogP contribution in [0.5, 0.6) is 0 Å². The second-order valence-corrected chi connectivity index (χ2v) is 8.15. The first kappa shape index (κ1) is 19.8.